The fraction of sp³-hybridized carbons (Fsp3) is 0.588. The van der Waals surface area contributed by atoms with E-state index in [1.54, 1.807) is 6.07 Å². The molecule has 2 N–H and O–H groups in total. The molecule has 1 fully saturated rings. The number of hydrogen-bond acceptors (Lipinski definition) is 3. The summed E-state index contributed by atoms with van der Waals surface area (Å²) in [5.41, 5.74) is 2.16. The number of anilines is 1. The van der Waals surface area contributed by atoms with Gasteiger partial charge < -0.3 is 15.3 Å². The van der Waals surface area contributed by atoms with E-state index >= 15 is 0 Å². The Labute approximate surface area is 127 Å². The van der Waals surface area contributed by atoms with Crippen LogP contribution in [0.4, 0.5) is 5.69 Å². The van der Waals surface area contributed by atoms with Crippen LogP contribution >= 0.6 is 0 Å². The third kappa shape index (κ3) is 4.46. The number of carboxylic acid groups (broad SMARTS) is 1. The van der Waals surface area contributed by atoms with Gasteiger partial charge in [-0.2, -0.15) is 0 Å². The van der Waals surface area contributed by atoms with Crippen LogP contribution in [-0.2, 0) is 0 Å². The third-order valence-corrected chi connectivity index (χ3v) is 4.28. The SMILES string of the molecule is Cc1ccc(C(=O)O)c(NCCCN2CCCCC2C)c1. The largest absolute Gasteiger partial charge is 0.478 e. The Morgan fingerprint density at radius 1 is 1.43 bits per heavy atom. The molecule has 1 aromatic carbocycles. The summed E-state index contributed by atoms with van der Waals surface area (Å²) in [6.45, 7) is 7.38. The molecule has 1 aliphatic heterocycles. The van der Waals surface area contributed by atoms with Crippen LogP contribution in [0.2, 0.25) is 0 Å². The van der Waals surface area contributed by atoms with Crippen molar-refractivity contribution >= 4 is 11.7 Å². The first-order valence-electron chi connectivity index (χ1n) is 7.90. The highest BCUT2D eigenvalue weighted by Crippen LogP contribution is 2.19. The summed E-state index contributed by atoms with van der Waals surface area (Å²) in [5.74, 6) is -0.873. The van der Waals surface area contributed by atoms with Gasteiger partial charge in [0.05, 0.1) is 5.56 Å². The second-order valence-electron chi connectivity index (χ2n) is 6.02. The van der Waals surface area contributed by atoms with Crippen molar-refractivity contribution in [2.24, 2.45) is 0 Å². The van der Waals surface area contributed by atoms with Gasteiger partial charge in [-0.25, -0.2) is 4.79 Å². The lowest BCUT2D eigenvalue weighted by Gasteiger charge is -2.33. The molecule has 0 bridgehead atoms. The molecule has 0 aromatic heterocycles. The highest BCUT2D eigenvalue weighted by atomic mass is 16.4. The third-order valence-electron chi connectivity index (χ3n) is 4.28. The minimum absolute atomic E-state index is 0.354. The predicted molar refractivity (Wildman–Crippen MR) is 86.1 cm³/mol. The van der Waals surface area contributed by atoms with E-state index in [0.29, 0.717) is 11.6 Å². The maximum Gasteiger partial charge on any atom is 0.337 e. The number of carboxylic acids is 1. The van der Waals surface area contributed by atoms with Crippen LogP contribution in [-0.4, -0.2) is 41.7 Å². The van der Waals surface area contributed by atoms with Gasteiger partial charge in [0, 0.05) is 24.8 Å². The van der Waals surface area contributed by atoms with Crippen LogP contribution in [0.1, 0.15) is 48.5 Å². The van der Waals surface area contributed by atoms with Crippen LogP contribution in [0.3, 0.4) is 0 Å². The molecule has 1 aliphatic rings. The van der Waals surface area contributed by atoms with Crippen molar-refractivity contribution in [1.29, 1.82) is 0 Å². The average Bonchev–Trinajstić information content (AvgIpc) is 2.45. The molecule has 2 rings (SSSR count). The second kappa shape index (κ2) is 7.46. The highest BCUT2D eigenvalue weighted by molar-refractivity contribution is 5.94. The Morgan fingerprint density at radius 3 is 2.95 bits per heavy atom. The van der Waals surface area contributed by atoms with Gasteiger partial charge in [-0.1, -0.05) is 12.5 Å². The van der Waals surface area contributed by atoms with Crippen LogP contribution in [0, 0.1) is 6.92 Å². The van der Waals surface area contributed by atoms with Gasteiger partial charge >= 0.3 is 5.97 Å². The summed E-state index contributed by atoms with van der Waals surface area (Å²) in [4.78, 5) is 13.7. The van der Waals surface area contributed by atoms with E-state index in [9.17, 15) is 9.90 Å². The lowest BCUT2D eigenvalue weighted by molar-refractivity contribution is 0.0698. The number of aryl methyl sites for hydroxylation is 1. The van der Waals surface area contributed by atoms with E-state index < -0.39 is 5.97 Å². The van der Waals surface area contributed by atoms with Crippen LogP contribution < -0.4 is 5.32 Å². The van der Waals surface area contributed by atoms with Gasteiger partial charge in [0.15, 0.2) is 0 Å². The van der Waals surface area contributed by atoms with Gasteiger partial charge in [-0.05, 0) is 57.4 Å². The Kier molecular flexibility index (Phi) is 5.62. The topological polar surface area (TPSA) is 52.6 Å². The molecular formula is C17H26N2O2. The smallest absolute Gasteiger partial charge is 0.337 e. The fourth-order valence-electron chi connectivity index (χ4n) is 2.99. The van der Waals surface area contributed by atoms with Gasteiger partial charge in [0.2, 0.25) is 0 Å². The van der Waals surface area contributed by atoms with E-state index in [4.69, 9.17) is 0 Å². The molecule has 1 unspecified atom stereocenters. The summed E-state index contributed by atoms with van der Waals surface area (Å²) < 4.78 is 0. The number of carbonyl (C=O) groups is 1. The fourth-order valence-corrected chi connectivity index (χ4v) is 2.99. The van der Waals surface area contributed by atoms with E-state index in [1.165, 1.54) is 25.8 Å². The summed E-state index contributed by atoms with van der Waals surface area (Å²) >= 11 is 0. The Morgan fingerprint density at radius 2 is 2.24 bits per heavy atom. The zero-order valence-electron chi connectivity index (χ0n) is 13.1. The minimum Gasteiger partial charge on any atom is -0.478 e. The quantitative estimate of drug-likeness (QED) is 0.789. The van der Waals surface area contributed by atoms with Crippen molar-refractivity contribution in [1.82, 2.24) is 4.90 Å². The van der Waals surface area contributed by atoms with Gasteiger partial charge in [-0.3, -0.25) is 0 Å². The van der Waals surface area contributed by atoms with Crippen LogP contribution in [0.5, 0.6) is 0 Å². The summed E-state index contributed by atoms with van der Waals surface area (Å²) in [6, 6.07) is 6.11. The number of nitrogens with one attached hydrogen (secondary N) is 1. The summed E-state index contributed by atoms with van der Waals surface area (Å²) in [5, 5.41) is 12.5. The van der Waals surface area contributed by atoms with Crippen molar-refractivity contribution in [3.05, 3.63) is 29.3 Å². The second-order valence-corrected chi connectivity index (χ2v) is 6.02. The molecule has 116 valence electrons. The molecule has 1 atom stereocenters. The molecule has 21 heavy (non-hydrogen) atoms. The molecule has 0 saturated carbocycles. The number of piperidine rings is 1. The molecule has 4 nitrogen and oxygen atoms in total. The maximum atomic E-state index is 11.2. The normalized spacial score (nSPS) is 19.4. The number of aromatic carboxylic acids is 1. The van der Waals surface area contributed by atoms with E-state index in [0.717, 1.165) is 30.8 Å². The standard InChI is InChI=1S/C17H26N2O2/c1-13-7-8-15(17(20)21)16(12-13)18-9-5-11-19-10-4-3-6-14(19)2/h7-8,12,14,18H,3-6,9-11H2,1-2H3,(H,20,21). The number of nitrogens with zero attached hydrogens (tertiary/aromatic N) is 1. The predicted octanol–water partition coefficient (Wildman–Crippen LogP) is 3.37. The Bertz CT molecular complexity index is 488. The van der Waals surface area contributed by atoms with Crippen molar-refractivity contribution in [3.63, 3.8) is 0 Å². The van der Waals surface area contributed by atoms with Crippen LogP contribution in [0.25, 0.3) is 0 Å². The number of likely N-dealkylation sites (tertiary alicyclic amines) is 1. The first kappa shape index (κ1) is 15.8. The van der Waals surface area contributed by atoms with Crippen LogP contribution in [0.15, 0.2) is 18.2 Å². The molecule has 1 saturated heterocycles. The first-order valence-corrected chi connectivity index (χ1v) is 7.90. The van der Waals surface area contributed by atoms with Crippen molar-refractivity contribution < 1.29 is 9.90 Å². The molecule has 1 heterocycles. The maximum absolute atomic E-state index is 11.2. The first-order chi connectivity index (χ1) is 10.1. The number of hydrogen-bond donors (Lipinski definition) is 2. The molecule has 0 aliphatic carbocycles. The number of rotatable bonds is 6. The Balaban J connectivity index is 1.83. The van der Waals surface area contributed by atoms with Crippen molar-refractivity contribution in [2.45, 2.75) is 45.6 Å². The van der Waals surface area contributed by atoms with Gasteiger partial charge in [0.1, 0.15) is 0 Å². The highest BCUT2D eigenvalue weighted by Gasteiger charge is 2.17. The van der Waals surface area contributed by atoms with Gasteiger partial charge in [0.25, 0.3) is 0 Å². The van der Waals surface area contributed by atoms with Crippen molar-refractivity contribution in [3.8, 4) is 0 Å². The number of benzene rings is 1. The zero-order valence-corrected chi connectivity index (χ0v) is 13.1. The summed E-state index contributed by atoms with van der Waals surface area (Å²) in [6.07, 6.45) is 4.99. The van der Waals surface area contributed by atoms with Gasteiger partial charge in [-0.15, -0.1) is 0 Å². The van der Waals surface area contributed by atoms with E-state index in [2.05, 4.69) is 17.1 Å². The average molecular weight is 290 g/mol. The minimum atomic E-state index is -0.873. The lowest BCUT2D eigenvalue weighted by Crippen LogP contribution is -2.38. The van der Waals surface area contributed by atoms with Crippen molar-refractivity contribution in [2.75, 3.05) is 25.0 Å². The molecular weight excluding hydrogens is 264 g/mol. The Hall–Kier alpha value is -1.55. The molecule has 1 aromatic rings. The summed E-state index contributed by atoms with van der Waals surface area (Å²) in [7, 11) is 0. The molecule has 4 heteroatoms. The zero-order chi connectivity index (χ0) is 15.2. The molecule has 0 spiro atoms. The lowest BCUT2D eigenvalue weighted by atomic mass is 10.0. The monoisotopic (exact) mass is 290 g/mol. The van der Waals surface area contributed by atoms with E-state index in [-0.39, 0.29) is 0 Å². The van der Waals surface area contributed by atoms with E-state index in [1.807, 2.05) is 19.1 Å². The molecule has 0 radical (unpaired) electrons. The molecule has 0 amide bonds.